The van der Waals surface area contributed by atoms with Gasteiger partial charge in [-0.3, -0.25) is 0 Å². The molecule has 0 spiro atoms. The Bertz CT molecular complexity index is 545. The van der Waals surface area contributed by atoms with Crippen LogP contribution >= 0.6 is 11.3 Å². The van der Waals surface area contributed by atoms with Crippen LogP contribution in [0.1, 0.15) is 38.2 Å². The van der Waals surface area contributed by atoms with E-state index in [1.165, 1.54) is 28.5 Å². The SMILES string of the molecule is CCC1CCCC1(O)Cc1csc2ccccc12. The van der Waals surface area contributed by atoms with Crippen molar-refractivity contribution in [3.63, 3.8) is 0 Å². The van der Waals surface area contributed by atoms with Gasteiger partial charge in [0, 0.05) is 11.1 Å². The van der Waals surface area contributed by atoms with Crippen LogP contribution in [-0.2, 0) is 6.42 Å². The molecule has 2 atom stereocenters. The van der Waals surface area contributed by atoms with Crippen LogP contribution in [0.5, 0.6) is 0 Å². The third-order valence-corrected chi connectivity index (χ3v) is 5.49. The van der Waals surface area contributed by atoms with E-state index in [2.05, 4.69) is 36.6 Å². The summed E-state index contributed by atoms with van der Waals surface area (Å²) in [5.74, 6) is 0.483. The monoisotopic (exact) mass is 260 g/mol. The molecule has 1 aliphatic carbocycles. The standard InChI is InChI=1S/C16H20OS/c1-2-13-6-5-9-16(13,17)10-12-11-18-15-8-4-3-7-14(12)15/h3-4,7-8,11,13,17H,2,5-6,9-10H2,1H3. The van der Waals surface area contributed by atoms with Crippen molar-refractivity contribution in [1.82, 2.24) is 0 Å². The van der Waals surface area contributed by atoms with Crippen molar-refractivity contribution in [2.24, 2.45) is 5.92 Å². The van der Waals surface area contributed by atoms with Gasteiger partial charge in [0.25, 0.3) is 0 Å². The Balaban J connectivity index is 1.92. The zero-order valence-electron chi connectivity index (χ0n) is 10.9. The van der Waals surface area contributed by atoms with Crippen LogP contribution in [0.3, 0.4) is 0 Å². The van der Waals surface area contributed by atoms with Crippen molar-refractivity contribution in [1.29, 1.82) is 0 Å². The fourth-order valence-corrected chi connectivity index (χ4v) is 4.41. The minimum absolute atomic E-state index is 0.460. The highest BCUT2D eigenvalue weighted by atomic mass is 32.1. The van der Waals surface area contributed by atoms with Crippen molar-refractivity contribution in [2.75, 3.05) is 0 Å². The van der Waals surface area contributed by atoms with Gasteiger partial charge in [-0.1, -0.05) is 38.0 Å². The summed E-state index contributed by atoms with van der Waals surface area (Å²) < 4.78 is 1.34. The lowest BCUT2D eigenvalue weighted by Gasteiger charge is -2.29. The van der Waals surface area contributed by atoms with E-state index in [0.29, 0.717) is 5.92 Å². The minimum Gasteiger partial charge on any atom is -0.389 e. The first kappa shape index (κ1) is 12.2. The van der Waals surface area contributed by atoms with Gasteiger partial charge in [0.15, 0.2) is 0 Å². The van der Waals surface area contributed by atoms with E-state index in [1.54, 1.807) is 11.3 Å². The Morgan fingerprint density at radius 3 is 3.06 bits per heavy atom. The minimum atomic E-state index is -0.460. The molecule has 2 unspecified atom stereocenters. The van der Waals surface area contributed by atoms with Gasteiger partial charge in [0.05, 0.1) is 5.60 Å². The first-order valence-corrected chi connectivity index (χ1v) is 7.78. The van der Waals surface area contributed by atoms with Gasteiger partial charge in [-0.2, -0.15) is 0 Å². The second-order valence-corrected chi connectivity index (χ2v) is 6.45. The molecule has 0 bridgehead atoms. The summed E-state index contributed by atoms with van der Waals surface area (Å²) in [6, 6.07) is 8.52. The highest BCUT2D eigenvalue weighted by molar-refractivity contribution is 7.17. The van der Waals surface area contributed by atoms with Crippen molar-refractivity contribution < 1.29 is 5.11 Å². The molecule has 1 saturated carbocycles. The lowest BCUT2D eigenvalue weighted by molar-refractivity contribution is 0.00182. The number of rotatable bonds is 3. The number of aliphatic hydroxyl groups is 1. The predicted molar refractivity (Wildman–Crippen MR) is 78.1 cm³/mol. The summed E-state index contributed by atoms with van der Waals surface area (Å²) in [6.07, 6.45) is 5.26. The van der Waals surface area contributed by atoms with Gasteiger partial charge in [-0.15, -0.1) is 11.3 Å². The number of thiophene rings is 1. The molecule has 1 aliphatic rings. The maximum Gasteiger partial charge on any atom is 0.0716 e. The van der Waals surface area contributed by atoms with E-state index in [1.807, 2.05) is 0 Å². The molecular weight excluding hydrogens is 240 g/mol. The quantitative estimate of drug-likeness (QED) is 0.868. The molecule has 1 N–H and O–H groups in total. The highest BCUT2D eigenvalue weighted by Crippen LogP contribution is 2.41. The fraction of sp³-hybridized carbons (Fsp3) is 0.500. The fourth-order valence-electron chi connectivity index (χ4n) is 3.44. The van der Waals surface area contributed by atoms with Crippen LogP contribution in [0.15, 0.2) is 29.6 Å². The average Bonchev–Trinajstić information content (AvgIpc) is 2.94. The van der Waals surface area contributed by atoms with E-state index in [0.717, 1.165) is 19.3 Å². The molecule has 2 aromatic rings. The van der Waals surface area contributed by atoms with Crippen LogP contribution in [-0.4, -0.2) is 10.7 Å². The summed E-state index contributed by atoms with van der Waals surface area (Å²) in [5, 5.41) is 14.4. The smallest absolute Gasteiger partial charge is 0.0716 e. The van der Waals surface area contributed by atoms with Crippen molar-refractivity contribution in [3.8, 4) is 0 Å². The van der Waals surface area contributed by atoms with Crippen LogP contribution in [0.4, 0.5) is 0 Å². The maximum atomic E-state index is 10.9. The van der Waals surface area contributed by atoms with Gasteiger partial charge in [-0.05, 0) is 41.2 Å². The molecule has 1 aromatic carbocycles. The van der Waals surface area contributed by atoms with E-state index < -0.39 is 5.60 Å². The van der Waals surface area contributed by atoms with Crippen LogP contribution < -0.4 is 0 Å². The molecule has 1 heterocycles. The largest absolute Gasteiger partial charge is 0.389 e. The molecule has 2 heteroatoms. The molecule has 1 nitrogen and oxygen atoms in total. The van der Waals surface area contributed by atoms with Crippen LogP contribution in [0, 0.1) is 5.92 Å². The lowest BCUT2D eigenvalue weighted by atomic mass is 9.83. The summed E-state index contributed by atoms with van der Waals surface area (Å²) >= 11 is 1.79. The Hall–Kier alpha value is -0.860. The van der Waals surface area contributed by atoms with E-state index in [9.17, 15) is 5.11 Å². The summed E-state index contributed by atoms with van der Waals surface area (Å²) in [7, 11) is 0. The summed E-state index contributed by atoms with van der Waals surface area (Å²) in [4.78, 5) is 0. The lowest BCUT2D eigenvalue weighted by Crippen LogP contribution is -2.35. The van der Waals surface area contributed by atoms with Gasteiger partial charge in [-0.25, -0.2) is 0 Å². The second-order valence-electron chi connectivity index (χ2n) is 5.53. The van der Waals surface area contributed by atoms with E-state index >= 15 is 0 Å². The highest BCUT2D eigenvalue weighted by Gasteiger charge is 2.40. The van der Waals surface area contributed by atoms with Crippen molar-refractivity contribution in [2.45, 2.75) is 44.6 Å². The average molecular weight is 260 g/mol. The van der Waals surface area contributed by atoms with Gasteiger partial charge in [0.2, 0.25) is 0 Å². The predicted octanol–water partition coefficient (Wildman–Crippen LogP) is 4.39. The number of hydrogen-bond donors (Lipinski definition) is 1. The Morgan fingerprint density at radius 2 is 2.22 bits per heavy atom. The van der Waals surface area contributed by atoms with Crippen molar-refractivity contribution >= 4 is 21.4 Å². The molecule has 0 amide bonds. The molecule has 1 aromatic heterocycles. The molecular formula is C16H20OS. The first-order valence-electron chi connectivity index (χ1n) is 6.90. The van der Waals surface area contributed by atoms with Gasteiger partial charge >= 0.3 is 0 Å². The Morgan fingerprint density at radius 1 is 1.39 bits per heavy atom. The van der Waals surface area contributed by atoms with Gasteiger partial charge in [0.1, 0.15) is 0 Å². The topological polar surface area (TPSA) is 20.2 Å². The molecule has 3 rings (SSSR count). The summed E-state index contributed by atoms with van der Waals surface area (Å²) in [6.45, 7) is 2.20. The Labute approximate surface area is 112 Å². The third-order valence-electron chi connectivity index (χ3n) is 4.47. The number of hydrogen-bond acceptors (Lipinski definition) is 2. The molecule has 0 aliphatic heterocycles. The number of benzene rings is 1. The van der Waals surface area contributed by atoms with E-state index in [-0.39, 0.29) is 0 Å². The van der Waals surface area contributed by atoms with Gasteiger partial charge < -0.3 is 5.11 Å². The molecule has 0 radical (unpaired) electrons. The molecule has 18 heavy (non-hydrogen) atoms. The summed E-state index contributed by atoms with van der Waals surface area (Å²) in [5.41, 5.74) is 0.872. The van der Waals surface area contributed by atoms with E-state index in [4.69, 9.17) is 0 Å². The Kier molecular flexibility index (Phi) is 3.16. The first-order chi connectivity index (χ1) is 8.73. The maximum absolute atomic E-state index is 10.9. The van der Waals surface area contributed by atoms with Crippen LogP contribution in [0.25, 0.3) is 10.1 Å². The third kappa shape index (κ3) is 1.98. The van der Waals surface area contributed by atoms with Crippen molar-refractivity contribution in [3.05, 3.63) is 35.2 Å². The second kappa shape index (κ2) is 4.67. The van der Waals surface area contributed by atoms with Crippen LogP contribution in [0.2, 0.25) is 0 Å². The molecule has 1 fully saturated rings. The number of fused-ring (bicyclic) bond motifs is 1. The normalized spacial score (nSPS) is 28.0. The zero-order chi connectivity index (χ0) is 12.6. The molecule has 96 valence electrons. The molecule has 0 saturated heterocycles. The zero-order valence-corrected chi connectivity index (χ0v) is 11.7.